The summed E-state index contributed by atoms with van der Waals surface area (Å²) in [5.41, 5.74) is 5.65. The largest absolute Gasteiger partial charge is 0.444 e. The molecule has 4 heteroatoms. The minimum absolute atomic E-state index is 0.0322. The molecule has 3 atom stereocenters. The van der Waals surface area contributed by atoms with Gasteiger partial charge in [0.15, 0.2) is 0 Å². The predicted octanol–water partition coefficient (Wildman–Crippen LogP) is 3.40. The molecule has 118 valence electrons. The monoisotopic (exact) mass is 284 g/mol. The Labute approximate surface area is 124 Å². The Morgan fingerprint density at radius 2 is 1.80 bits per heavy atom. The fourth-order valence-electron chi connectivity index (χ4n) is 2.83. The first-order chi connectivity index (χ1) is 8.92. The Hall–Kier alpha value is -0.770. The molecule has 0 aliphatic carbocycles. The minimum atomic E-state index is -0.447. The summed E-state index contributed by atoms with van der Waals surface area (Å²) in [7, 11) is 0. The molecule has 2 N–H and O–H groups in total. The van der Waals surface area contributed by atoms with Crippen molar-refractivity contribution in [2.45, 2.75) is 79.0 Å². The zero-order valence-electron chi connectivity index (χ0n) is 14.2. The van der Waals surface area contributed by atoms with E-state index in [1.165, 1.54) is 0 Å². The Balaban J connectivity index is 2.86. The van der Waals surface area contributed by atoms with Gasteiger partial charge in [-0.25, -0.2) is 4.79 Å². The zero-order chi connectivity index (χ0) is 15.7. The van der Waals surface area contributed by atoms with E-state index < -0.39 is 5.60 Å². The van der Waals surface area contributed by atoms with Crippen molar-refractivity contribution in [2.75, 3.05) is 6.54 Å². The van der Waals surface area contributed by atoms with Crippen molar-refractivity contribution in [1.29, 1.82) is 0 Å². The van der Waals surface area contributed by atoms with Gasteiger partial charge in [-0.2, -0.15) is 0 Å². The van der Waals surface area contributed by atoms with Crippen molar-refractivity contribution in [1.82, 2.24) is 4.90 Å². The number of amides is 1. The highest BCUT2D eigenvalue weighted by atomic mass is 16.6. The summed E-state index contributed by atoms with van der Waals surface area (Å²) in [5.74, 6) is 0.484. The number of hydrogen-bond donors (Lipinski definition) is 1. The number of piperidine rings is 1. The number of nitrogens with zero attached hydrogens (tertiary/aromatic N) is 1. The lowest BCUT2D eigenvalue weighted by atomic mass is 9.75. The first-order valence-electron chi connectivity index (χ1n) is 7.67. The van der Waals surface area contributed by atoms with Gasteiger partial charge in [-0.3, -0.25) is 0 Å². The topological polar surface area (TPSA) is 55.6 Å². The molecule has 0 radical (unpaired) electrons. The summed E-state index contributed by atoms with van der Waals surface area (Å²) in [6.07, 6.45) is 1.73. The van der Waals surface area contributed by atoms with Crippen LogP contribution < -0.4 is 5.73 Å². The molecule has 1 fully saturated rings. The van der Waals surface area contributed by atoms with Gasteiger partial charge in [-0.1, -0.05) is 20.8 Å². The van der Waals surface area contributed by atoms with Gasteiger partial charge >= 0.3 is 6.09 Å². The lowest BCUT2D eigenvalue weighted by Crippen LogP contribution is -2.55. The van der Waals surface area contributed by atoms with Crippen LogP contribution in [-0.2, 0) is 4.74 Å². The molecule has 1 saturated heterocycles. The van der Waals surface area contributed by atoms with Crippen LogP contribution in [0.4, 0.5) is 4.79 Å². The Morgan fingerprint density at radius 3 is 2.20 bits per heavy atom. The van der Waals surface area contributed by atoms with Crippen LogP contribution >= 0.6 is 0 Å². The van der Waals surface area contributed by atoms with Gasteiger partial charge in [0.1, 0.15) is 5.60 Å². The number of rotatable bonds is 1. The predicted molar refractivity (Wildman–Crippen MR) is 82.6 cm³/mol. The molecule has 2 unspecified atom stereocenters. The van der Waals surface area contributed by atoms with Crippen molar-refractivity contribution in [3.05, 3.63) is 0 Å². The lowest BCUT2D eigenvalue weighted by Gasteiger charge is -2.46. The van der Waals surface area contributed by atoms with E-state index in [0.717, 1.165) is 19.4 Å². The average molecular weight is 284 g/mol. The maximum absolute atomic E-state index is 12.4. The van der Waals surface area contributed by atoms with Crippen LogP contribution in [0.1, 0.15) is 61.3 Å². The highest BCUT2D eigenvalue weighted by Gasteiger charge is 2.40. The standard InChI is InChI=1S/C16H32N2O2/c1-11(17)12-8-9-18(13(10-12)15(2,3)4)14(19)20-16(5,6)7/h11-13H,8-10,17H2,1-7H3/t11?,12?,13-/m1/s1. The van der Waals surface area contributed by atoms with Gasteiger partial charge in [0, 0.05) is 18.6 Å². The second kappa shape index (κ2) is 5.92. The molecule has 0 saturated carbocycles. The molecule has 1 amide bonds. The van der Waals surface area contributed by atoms with Crippen molar-refractivity contribution in [2.24, 2.45) is 17.1 Å². The van der Waals surface area contributed by atoms with E-state index in [0.29, 0.717) is 5.92 Å². The molecule has 20 heavy (non-hydrogen) atoms. The van der Waals surface area contributed by atoms with Crippen molar-refractivity contribution >= 4 is 6.09 Å². The zero-order valence-corrected chi connectivity index (χ0v) is 14.2. The van der Waals surface area contributed by atoms with Gasteiger partial charge in [0.2, 0.25) is 0 Å². The average Bonchev–Trinajstić information content (AvgIpc) is 2.24. The SMILES string of the molecule is CC(N)C1CCN(C(=O)OC(C)(C)C)[C@@H](C(C)(C)C)C1. The summed E-state index contributed by atoms with van der Waals surface area (Å²) in [5, 5.41) is 0. The maximum Gasteiger partial charge on any atom is 0.410 e. The van der Waals surface area contributed by atoms with Crippen LogP contribution in [0.25, 0.3) is 0 Å². The summed E-state index contributed by atoms with van der Waals surface area (Å²) in [4.78, 5) is 14.3. The molecule has 0 spiro atoms. The third kappa shape index (κ3) is 4.65. The number of nitrogens with two attached hydrogens (primary N) is 1. The molecule has 1 heterocycles. The van der Waals surface area contributed by atoms with E-state index in [2.05, 4.69) is 27.7 Å². The molecule has 1 rings (SSSR count). The van der Waals surface area contributed by atoms with Gasteiger partial charge < -0.3 is 15.4 Å². The fourth-order valence-corrected chi connectivity index (χ4v) is 2.83. The number of carbonyl (C=O) groups excluding carboxylic acids is 1. The molecule has 0 aromatic heterocycles. The van der Waals surface area contributed by atoms with E-state index in [4.69, 9.17) is 10.5 Å². The molecule has 1 aliphatic heterocycles. The Morgan fingerprint density at radius 1 is 1.25 bits per heavy atom. The Kier molecular flexibility index (Phi) is 5.12. The lowest BCUT2D eigenvalue weighted by molar-refractivity contribution is -0.0168. The first-order valence-corrected chi connectivity index (χ1v) is 7.67. The second-order valence-corrected chi connectivity index (χ2v) is 8.20. The van der Waals surface area contributed by atoms with Crippen LogP contribution in [0, 0.1) is 11.3 Å². The van der Waals surface area contributed by atoms with Crippen molar-refractivity contribution in [3.8, 4) is 0 Å². The van der Waals surface area contributed by atoms with Crippen LogP contribution in [0.2, 0.25) is 0 Å². The number of carbonyl (C=O) groups is 1. The molecule has 1 aliphatic rings. The van der Waals surface area contributed by atoms with Crippen LogP contribution in [0.3, 0.4) is 0 Å². The van der Waals surface area contributed by atoms with Gasteiger partial charge in [0.25, 0.3) is 0 Å². The van der Waals surface area contributed by atoms with E-state index in [-0.39, 0.29) is 23.6 Å². The highest BCUT2D eigenvalue weighted by molar-refractivity contribution is 5.68. The molecular formula is C16H32N2O2. The minimum Gasteiger partial charge on any atom is -0.444 e. The van der Waals surface area contributed by atoms with Gasteiger partial charge in [-0.05, 0) is 51.9 Å². The van der Waals surface area contributed by atoms with Crippen molar-refractivity contribution in [3.63, 3.8) is 0 Å². The molecule has 0 aromatic rings. The van der Waals surface area contributed by atoms with Crippen LogP contribution in [0.5, 0.6) is 0 Å². The highest BCUT2D eigenvalue weighted by Crippen LogP contribution is 2.36. The number of likely N-dealkylation sites (tertiary alicyclic amines) is 1. The molecule has 0 aromatic carbocycles. The van der Waals surface area contributed by atoms with E-state index >= 15 is 0 Å². The first kappa shape index (κ1) is 17.3. The van der Waals surface area contributed by atoms with E-state index in [9.17, 15) is 4.79 Å². The second-order valence-electron chi connectivity index (χ2n) is 8.20. The van der Waals surface area contributed by atoms with E-state index in [1.807, 2.05) is 25.7 Å². The quantitative estimate of drug-likeness (QED) is 0.803. The normalized spacial score (nSPS) is 26.3. The third-order valence-electron chi connectivity index (χ3n) is 4.01. The number of hydrogen-bond acceptors (Lipinski definition) is 3. The molecule has 0 bridgehead atoms. The third-order valence-corrected chi connectivity index (χ3v) is 4.01. The van der Waals surface area contributed by atoms with Gasteiger partial charge in [-0.15, -0.1) is 0 Å². The molecule has 4 nitrogen and oxygen atoms in total. The summed E-state index contributed by atoms with van der Waals surface area (Å²) in [6, 6.07) is 0.364. The fraction of sp³-hybridized carbons (Fsp3) is 0.938. The smallest absolute Gasteiger partial charge is 0.410 e. The summed E-state index contributed by atoms with van der Waals surface area (Å²) >= 11 is 0. The summed E-state index contributed by atoms with van der Waals surface area (Å²) in [6.45, 7) is 15.1. The Bertz CT molecular complexity index is 339. The van der Waals surface area contributed by atoms with Crippen LogP contribution in [-0.4, -0.2) is 35.2 Å². The molecular weight excluding hydrogens is 252 g/mol. The maximum atomic E-state index is 12.4. The van der Waals surface area contributed by atoms with Crippen LogP contribution in [0.15, 0.2) is 0 Å². The summed E-state index contributed by atoms with van der Waals surface area (Å²) < 4.78 is 5.55. The van der Waals surface area contributed by atoms with Gasteiger partial charge in [0.05, 0.1) is 0 Å². The van der Waals surface area contributed by atoms with E-state index in [1.54, 1.807) is 0 Å². The number of ether oxygens (including phenoxy) is 1. The van der Waals surface area contributed by atoms with Crippen molar-refractivity contribution < 1.29 is 9.53 Å².